The minimum atomic E-state index is -0.335. The molecule has 0 aliphatic heterocycles. The number of benzene rings is 3. The third-order valence-electron chi connectivity index (χ3n) is 4.59. The zero-order chi connectivity index (χ0) is 20.9. The fraction of sp³-hybridized carbons (Fsp3) is 0.0870. The summed E-state index contributed by atoms with van der Waals surface area (Å²) >= 11 is 0. The van der Waals surface area contributed by atoms with E-state index >= 15 is 0 Å². The summed E-state index contributed by atoms with van der Waals surface area (Å²) in [6.07, 6.45) is 2.17. The van der Waals surface area contributed by atoms with Crippen LogP contribution in [-0.2, 0) is 6.42 Å². The minimum absolute atomic E-state index is 0.0400. The van der Waals surface area contributed by atoms with Crippen molar-refractivity contribution in [2.45, 2.75) is 6.42 Å². The Hall–Kier alpha value is -4.13. The van der Waals surface area contributed by atoms with Crippen LogP contribution < -0.4 is 10.2 Å². The van der Waals surface area contributed by atoms with Crippen molar-refractivity contribution in [3.63, 3.8) is 0 Å². The molecule has 7 nitrogen and oxygen atoms in total. The van der Waals surface area contributed by atoms with Gasteiger partial charge in [0.25, 0.3) is 5.91 Å². The molecule has 0 saturated carbocycles. The second-order valence-electron chi connectivity index (χ2n) is 6.71. The van der Waals surface area contributed by atoms with E-state index in [4.69, 9.17) is 4.74 Å². The Balaban J connectivity index is 1.45. The van der Waals surface area contributed by atoms with Gasteiger partial charge in [-0.25, -0.2) is 10.4 Å². The molecule has 0 fully saturated rings. The number of amides is 1. The summed E-state index contributed by atoms with van der Waals surface area (Å²) in [5, 5.41) is 13.6. The van der Waals surface area contributed by atoms with Gasteiger partial charge < -0.3 is 14.8 Å². The standard InChI is InChI=1S/C23H20N4O3/c1-30-21-11-16(7-10-20(21)28)14-24-27-23(29)17-8-9-18-19(13-17)26-22(25-18)12-15-5-3-2-4-6-15/h2-11,13-14,28H,12H2,1H3,(H,25,26)(H,27,29)/b24-14-. The van der Waals surface area contributed by atoms with Gasteiger partial charge in [-0.15, -0.1) is 0 Å². The fourth-order valence-corrected chi connectivity index (χ4v) is 3.08. The number of methoxy groups -OCH3 is 1. The highest BCUT2D eigenvalue weighted by Crippen LogP contribution is 2.25. The molecule has 0 aliphatic rings. The molecule has 4 rings (SSSR count). The lowest BCUT2D eigenvalue weighted by molar-refractivity contribution is 0.0955. The Bertz CT molecular complexity index is 1220. The first-order valence-corrected chi connectivity index (χ1v) is 9.35. The molecule has 0 saturated heterocycles. The summed E-state index contributed by atoms with van der Waals surface area (Å²) < 4.78 is 5.05. The van der Waals surface area contributed by atoms with Gasteiger partial charge in [-0.3, -0.25) is 4.79 Å². The van der Waals surface area contributed by atoms with E-state index in [2.05, 4.69) is 20.5 Å². The number of hydrogen-bond acceptors (Lipinski definition) is 5. The van der Waals surface area contributed by atoms with E-state index in [0.29, 0.717) is 23.3 Å². The van der Waals surface area contributed by atoms with Crippen LogP contribution in [0, 0.1) is 0 Å². The molecule has 0 unspecified atom stereocenters. The summed E-state index contributed by atoms with van der Waals surface area (Å²) in [7, 11) is 1.47. The first kappa shape index (κ1) is 19.2. The first-order valence-electron chi connectivity index (χ1n) is 9.35. The van der Waals surface area contributed by atoms with Gasteiger partial charge in [0.1, 0.15) is 5.82 Å². The quantitative estimate of drug-likeness (QED) is 0.340. The number of rotatable bonds is 6. The monoisotopic (exact) mass is 400 g/mol. The van der Waals surface area contributed by atoms with Gasteiger partial charge in [0.2, 0.25) is 0 Å². The van der Waals surface area contributed by atoms with Crippen LogP contribution in [0.4, 0.5) is 0 Å². The number of nitrogens with zero attached hydrogens (tertiary/aromatic N) is 2. The number of hydrazone groups is 1. The average Bonchev–Trinajstić information content (AvgIpc) is 3.17. The second-order valence-corrected chi connectivity index (χ2v) is 6.71. The largest absolute Gasteiger partial charge is 0.504 e. The lowest BCUT2D eigenvalue weighted by atomic mass is 10.1. The van der Waals surface area contributed by atoms with E-state index in [9.17, 15) is 9.90 Å². The second kappa shape index (κ2) is 8.48. The van der Waals surface area contributed by atoms with E-state index < -0.39 is 0 Å². The number of aromatic nitrogens is 2. The van der Waals surface area contributed by atoms with Crippen molar-refractivity contribution < 1.29 is 14.6 Å². The topological polar surface area (TPSA) is 99.6 Å². The minimum Gasteiger partial charge on any atom is -0.504 e. The van der Waals surface area contributed by atoms with Crippen molar-refractivity contribution >= 4 is 23.2 Å². The number of aromatic hydroxyl groups is 1. The number of aromatic amines is 1. The molecule has 0 atom stereocenters. The summed E-state index contributed by atoms with van der Waals surface area (Å²) in [5.74, 6) is 0.880. The zero-order valence-electron chi connectivity index (χ0n) is 16.3. The van der Waals surface area contributed by atoms with Crippen molar-refractivity contribution in [3.8, 4) is 11.5 Å². The smallest absolute Gasteiger partial charge is 0.271 e. The predicted molar refractivity (Wildman–Crippen MR) is 115 cm³/mol. The van der Waals surface area contributed by atoms with Gasteiger partial charge in [-0.2, -0.15) is 5.10 Å². The van der Waals surface area contributed by atoms with Crippen LogP contribution in [0.5, 0.6) is 11.5 Å². The Morgan fingerprint density at radius 2 is 2.00 bits per heavy atom. The van der Waals surface area contributed by atoms with E-state index in [1.165, 1.54) is 19.4 Å². The number of phenols is 1. The molecule has 3 N–H and O–H groups in total. The molecular weight excluding hydrogens is 380 g/mol. The van der Waals surface area contributed by atoms with Gasteiger partial charge in [-0.1, -0.05) is 30.3 Å². The number of phenolic OH excluding ortho intramolecular Hbond substituents is 1. The Morgan fingerprint density at radius 3 is 2.80 bits per heavy atom. The van der Waals surface area contributed by atoms with Crippen LogP contribution in [0.1, 0.15) is 27.3 Å². The number of carbonyl (C=O) groups excluding carboxylic acids is 1. The molecule has 7 heteroatoms. The van der Waals surface area contributed by atoms with Gasteiger partial charge in [0, 0.05) is 12.0 Å². The summed E-state index contributed by atoms with van der Waals surface area (Å²) in [6, 6.07) is 20.1. The van der Waals surface area contributed by atoms with E-state index in [1.807, 2.05) is 36.4 Å². The number of fused-ring (bicyclic) bond motifs is 1. The third-order valence-corrected chi connectivity index (χ3v) is 4.59. The molecule has 1 aromatic heterocycles. The van der Waals surface area contributed by atoms with Gasteiger partial charge in [-0.05, 0) is 47.5 Å². The van der Waals surface area contributed by atoms with Crippen LogP contribution in [0.15, 0.2) is 71.8 Å². The maximum absolute atomic E-state index is 12.4. The predicted octanol–water partition coefficient (Wildman–Crippen LogP) is 3.63. The first-order chi connectivity index (χ1) is 14.6. The molecule has 150 valence electrons. The molecule has 30 heavy (non-hydrogen) atoms. The zero-order valence-corrected chi connectivity index (χ0v) is 16.3. The van der Waals surface area contributed by atoms with E-state index in [-0.39, 0.29) is 11.7 Å². The van der Waals surface area contributed by atoms with Crippen LogP contribution in [0.3, 0.4) is 0 Å². The molecule has 1 amide bonds. The molecule has 3 aromatic carbocycles. The van der Waals surface area contributed by atoms with Gasteiger partial charge in [0.05, 0.1) is 24.4 Å². The van der Waals surface area contributed by atoms with Crippen LogP contribution in [-0.4, -0.2) is 34.3 Å². The molecule has 0 bridgehead atoms. The highest BCUT2D eigenvalue weighted by atomic mass is 16.5. The number of H-pyrrole nitrogens is 1. The molecule has 0 aliphatic carbocycles. The molecule has 0 radical (unpaired) electrons. The lowest BCUT2D eigenvalue weighted by Gasteiger charge is -2.03. The fourth-order valence-electron chi connectivity index (χ4n) is 3.08. The highest BCUT2D eigenvalue weighted by molar-refractivity contribution is 5.97. The average molecular weight is 400 g/mol. The maximum Gasteiger partial charge on any atom is 0.271 e. The van der Waals surface area contributed by atoms with Crippen molar-refractivity contribution in [2.24, 2.45) is 5.10 Å². The van der Waals surface area contributed by atoms with Crippen molar-refractivity contribution in [1.82, 2.24) is 15.4 Å². The summed E-state index contributed by atoms with van der Waals surface area (Å²) in [5.41, 5.74) is 6.41. The van der Waals surface area contributed by atoms with Gasteiger partial charge in [0.15, 0.2) is 11.5 Å². The summed E-state index contributed by atoms with van der Waals surface area (Å²) in [6.45, 7) is 0. The molecule has 4 aromatic rings. The normalized spacial score (nSPS) is 11.1. The number of nitrogens with one attached hydrogen (secondary N) is 2. The van der Waals surface area contributed by atoms with E-state index in [1.54, 1.807) is 24.3 Å². The highest BCUT2D eigenvalue weighted by Gasteiger charge is 2.09. The molecule has 1 heterocycles. The van der Waals surface area contributed by atoms with Crippen LogP contribution in [0.25, 0.3) is 11.0 Å². The van der Waals surface area contributed by atoms with Crippen LogP contribution >= 0.6 is 0 Å². The van der Waals surface area contributed by atoms with Crippen molar-refractivity contribution in [3.05, 3.63) is 89.2 Å². The Morgan fingerprint density at radius 1 is 1.17 bits per heavy atom. The Labute approximate surface area is 173 Å². The third kappa shape index (κ3) is 4.30. The SMILES string of the molecule is COc1cc(/C=N\NC(=O)c2ccc3nc(Cc4ccccc4)[nH]c3c2)ccc1O. The number of imidazole rings is 1. The maximum atomic E-state index is 12.4. The molecule has 0 spiro atoms. The lowest BCUT2D eigenvalue weighted by Crippen LogP contribution is -2.17. The number of carbonyl (C=O) groups is 1. The van der Waals surface area contributed by atoms with E-state index in [0.717, 1.165) is 22.4 Å². The van der Waals surface area contributed by atoms with Gasteiger partial charge >= 0.3 is 0 Å². The van der Waals surface area contributed by atoms with Crippen LogP contribution in [0.2, 0.25) is 0 Å². The Kier molecular flexibility index (Phi) is 5.43. The number of ether oxygens (including phenoxy) is 1. The number of hydrogen-bond donors (Lipinski definition) is 3. The van der Waals surface area contributed by atoms with Crippen molar-refractivity contribution in [1.29, 1.82) is 0 Å². The van der Waals surface area contributed by atoms with Crippen molar-refractivity contribution in [2.75, 3.05) is 7.11 Å². The molecular formula is C23H20N4O3. The summed E-state index contributed by atoms with van der Waals surface area (Å²) in [4.78, 5) is 20.3.